The number of nitrogens with one attached hydrogen (secondary N) is 1. The summed E-state index contributed by atoms with van der Waals surface area (Å²) >= 11 is 5.90. The van der Waals surface area contributed by atoms with E-state index in [4.69, 9.17) is 22.1 Å². The first-order chi connectivity index (χ1) is 9.16. The van der Waals surface area contributed by atoms with E-state index < -0.39 is 0 Å². The van der Waals surface area contributed by atoms with Gasteiger partial charge in [0.1, 0.15) is 5.82 Å². The summed E-state index contributed by atoms with van der Waals surface area (Å²) in [7, 11) is 0. The topological polar surface area (TPSA) is 59.6 Å². The molecule has 4 nitrogen and oxygen atoms in total. The highest BCUT2D eigenvalue weighted by atomic mass is 35.5. The van der Waals surface area contributed by atoms with Crippen molar-refractivity contribution in [2.75, 3.05) is 13.2 Å². The molecular formula is C13H17ClFN3O. The van der Waals surface area contributed by atoms with Crippen molar-refractivity contribution in [2.24, 2.45) is 10.7 Å². The van der Waals surface area contributed by atoms with Gasteiger partial charge in [0.05, 0.1) is 12.6 Å². The van der Waals surface area contributed by atoms with Crippen molar-refractivity contribution in [3.05, 3.63) is 34.6 Å². The van der Waals surface area contributed by atoms with Crippen LogP contribution in [0.1, 0.15) is 18.4 Å². The zero-order valence-electron chi connectivity index (χ0n) is 10.5. The number of halogens is 2. The molecule has 1 saturated heterocycles. The number of rotatable bonds is 4. The Kier molecular flexibility index (Phi) is 4.99. The molecule has 1 fully saturated rings. The molecular weight excluding hydrogens is 269 g/mol. The number of hydrogen-bond acceptors (Lipinski definition) is 2. The molecule has 6 heteroatoms. The van der Waals surface area contributed by atoms with Crippen LogP contribution in [0.4, 0.5) is 4.39 Å². The molecule has 0 aliphatic carbocycles. The maximum Gasteiger partial charge on any atom is 0.189 e. The van der Waals surface area contributed by atoms with Crippen LogP contribution in [-0.2, 0) is 11.3 Å². The largest absolute Gasteiger partial charge is 0.376 e. The smallest absolute Gasteiger partial charge is 0.189 e. The number of nitrogens with zero attached hydrogens (tertiary/aromatic N) is 1. The molecule has 0 spiro atoms. The van der Waals surface area contributed by atoms with E-state index in [1.165, 1.54) is 6.07 Å². The molecule has 2 rings (SSSR count). The van der Waals surface area contributed by atoms with Gasteiger partial charge in [0, 0.05) is 23.7 Å². The number of nitrogens with two attached hydrogens (primary N) is 1. The quantitative estimate of drug-likeness (QED) is 0.658. The second-order valence-corrected chi connectivity index (χ2v) is 4.82. The average Bonchev–Trinajstić information content (AvgIpc) is 2.89. The van der Waals surface area contributed by atoms with E-state index in [0.29, 0.717) is 17.1 Å². The minimum atomic E-state index is -0.372. The van der Waals surface area contributed by atoms with E-state index in [-0.39, 0.29) is 24.4 Å². The summed E-state index contributed by atoms with van der Waals surface area (Å²) in [4.78, 5) is 4.08. The van der Waals surface area contributed by atoms with Gasteiger partial charge >= 0.3 is 0 Å². The first-order valence-corrected chi connectivity index (χ1v) is 6.63. The molecule has 1 heterocycles. The van der Waals surface area contributed by atoms with Crippen LogP contribution in [0.5, 0.6) is 0 Å². The standard InChI is InChI=1S/C13H17ClFN3O/c14-11-4-1-5-12(15)10(11)8-18-13(16)17-7-9-3-2-6-19-9/h1,4-5,9H,2-3,6-8H2,(H3,16,17,18). The van der Waals surface area contributed by atoms with Crippen LogP contribution < -0.4 is 11.1 Å². The lowest BCUT2D eigenvalue weighted by molar-refractivity contribution is 0.114. The van der Waals surface area contributed by atoms with Gasteiger partial charge in [-0.25, -0.2) is 9.38 Å². The Morgan fingerprint density at radius 3 is 3.11 bits per heavy atom. The lowest BCUT2D eigenvalue weighted by Gasteiger charge is -2.11. The molecule has 1 aliphatic heterocycles. The van der Waals surface area contributed by atoms with Gasteiger partial charge in [-0.05, 0) is 25.0 Å². The summed E-state index contributed by atoms with van der Waals surface area (Å²) in [6.45, 7) is 1.55. The summed E-state index contributed by atoms with van der Waals surface area (Å²) in [6.07, 6.45) is 2.29. The van der Waals surface area contributed by atoms with E-state index in [2.05, 4.69) is 10.3 Å². The third-order valence-corrected chi connectivity index (χ3v) is 3.36. The molecule has 104 valence electrons. The average molecular weight is 286 g/mol. The number of ether oxygens (including phenoxy) is 1. The van der Waals surface area contributed by atoms with Gasteiger partial charge in [-0.2, -0.15) is 0 Å². The van der Waals surface area contributed by atoms with Gasteiger partial charge in [-0.15, -0.1) is 0 Å². The van der Waals surface area contributed by atoms with Gasteiger partial charge in [0.2, 0.25) is 0 Å². The predicted octanol–water partition coefficient (Wildman–Crippen LogP) is 2.06. The fourth-order valence-electron chi connectivity index (χ4n) is 1.93. The highest BCUT2D eigenvalue weighted by Gasteiger charge is 2.15. The number of hydrogen-bond donors (Lipinski definition) is 2. The summed E-state index contributed by atoms with van der Waals surface area (Å²) in [6, 6.07) is 4.54. The Hall–Kier alpha value is -1.33. The molecule has 0 saturated carbocycles. The molecule has 1 aromatic carbocycles. The number of benzene rings is 1. The molecule has 1 unspecified atom stereocenters. The molecule has 1 atom stereocenters. The SMILES string of the molecule is NC(=NCc1c(F)cccc1Cl)NCC1CCCO1. The molecule has 19 heavy (non-hydrogen) atoms. The van der Waals surface area contributed by atoms with Crippen molar-refractivity contribution in [1.82, 2.24) is 5.32 Å². The van der Waals surface area contributed by atoms with Gasteiger partial charge in [0.15, 0.2) is 5.96 Å². The van der Waals surface area contributed by atoms with Crippen LogP contribution in [0.3, 0.4) is 0 Å². The lowest BCUT2D eigenvalue weighted by atomic mass is 10.2. The molecule has 1 aliphatic rings. The van der Waals surface area contributed by atoms with Gasteiger partial charge in [0.25, 0.3) is 0 Å². The molecule has 0 radical (unpaired) electrons. The monoisotopic (exact) mass is 285 g/mol. The van der Waals surface area contributed by atoms with Crippen LogP contribution in [0.15, 0.2) is 23.2 Å². The summed E-state index contributed by atoms with van der Waals surface area (Å²) in [5, 5.41) is 3.33. The second kappa shape index (κ2) is 6.73. The number of guanidine groups is 1. The summed E-state index contributed by atoms with van der Waals surface area (Å²) in [5.41, 5.74) is 6.07. The van der Waals surface area contributed by atoms with E-state index >= 15 is 0 Å². The summed E-state index contributed by atoms with van der Waals surface area (Å²) < 4.78 is 18.9. The Morgan fingerprint density at radius 2 is 2.42 bits per heavy atom. The van der Waals surface area contributed by atoms with E-state index in [9.17, 15) is 4.39 Å². The van der Waals surface area contributed by atoms with E-state index in [1.54, 1.807) is 12.1 Å². The normalized spacial score (nSPS) is 19.7. The van der Waals surface area contributed by atoms with Crippen molar-refractivity contribution >= 4 is 17.6 Å². The minimum absolute atomic E-state index is 0.121. The molecule has 1 aromatic rings. The molecule has 0 aromatic heterocycles. The second-order valence-electron chi connectivity index (χ2n) is 4.42. The van der Waals surface area contributed by atoms with Gasteiger partial charge < -0.3 is 15.8 Å². The third kappa shape index (κ3) is 4.08. The Morgan fingerprint density at radius 1 is 1.58 bits per heavy atom. The van der Waals surface area contributed by atoms with E-state index in [1.807, 2.05) is 0 Å². The van der Waals surface area contributed by atoms with Gasteiger partial charge in [-0.1, -0.05) is 17.7 Å². The number of aliphatic imine (C=N–C) groups is 1. The van der Waals surface area contributed by atoms with Crippen LogP contribution in [0.25, 0.3) is 0 Å². The van der Waals surface area contributed by atoms with Crippen LogP contribution in [0, 0.1) is 5.82 Å². The highest BCUT2D eigenvalue weighted by Crippen LogP contribution is 2.19. The zero-order chi connectivity index (χ0) is 13.7. The van der Waals surface area contributed by atoms with Crippen molar-refractivity contribution in [1.29, 1.82) is 0 Å². The highest BCUT2D eigenvalue weighted by molar-refractivity contribution is 6.31. The van der Waals surface area contributed by atoms with Crippen LogP contribution >= 0.6 is 11.6 Å². The van der Waals surface area contributed by atoms with Crippen molar-refractivity contribution in [3.63, 3.8) is 0 Å². The van der Waals surface area contributed by atoms with Crippen molar-refractivity contribution in [2.45, 2.75) is 25.5 Å². The van der Waals surface area contributed by atoms with Crippen LogP contribution in [-0.4, -0.2) is 25.2 Å². The third-order valence-electron chi connectivity index (χ3n) is 3.00. The van der Waals surface area contributed by atoms with Gasteiger partial charge in [-0.3, -0.25) is 0 Å². The first kappa shape index (κ1) is 14.1. The maximum absolute atomic E-state index is 13.5. The van der Waals surface area contributed by atoms with Crippen molar-refractivity contribution in [3.8, 4) is 0 Å². The zero-order valence-corrected chi connectivity index (χ0v) is 11.3. The van der Waals surface area contributed by atoms with Crippen molar-refractivity contribution < 1.29 is 9.13 Å². The fraction of sp³-hybridized carbons (Fsp3) is 0.462. The molecule has 3 N–H and O–H groups in total. The maximum atomic E-state index is 13.5. The lowest BCUT2D eigenvalue weighted by Crippen LogP contribution is -2.37. The molecule has 0 amide bonds. The Bertz CT molecular complexity index is 441. The Balaban J connectivity index is 1.86. The van der Waals surface area contributed by atoms with Crippen LogP contribution in [0.2, 0.25) is 5.02 Å². The predicted molar refractivity (Wildman–Crippen MR) is 73.7 cm³/mol. The van der Waals surface area contributed by atoms with E-state index in [0.717, 1.165) is 19.4 Å². The summed E-state index contributed by atoms with van der Waals surface area (Å²) in [5.74, 6) is -0.0991. The first-order valence-electron chi connectivity index (χ1n) is 6.25. The molecule has 0 bridgehead atoms. The minimum Gasteiger partial charge on any atom is -0.376 e. The fourth-order valence-corrected chi connectivity index (χ4v) is 2.15. The Labute approximate surface area is 116 Å².